The third-order valence-electron chi connectivity index (χ3n) is 4.33. The smallest absolute Gasteiger partial charge is 0.336 e. The Bertz CT molecular complexity index is 527. The minimum absolute atomic E-state index is 0.171. The van der Waals surface area contributed by atoms with Gasteiger partial charge in [-0.05, 0) is 43.7 Å². The minimum Gasteiger partial charge on any atom is -0.336 e. The molecule has 1 unspecified atom stereocenters. The highest BCUT2D eigenvalue weighted by molar-refractivity contribution is 5.94. The number of halogens is 3. The fourth-order valence-corrected chi connectivity index (χ4v) is 3.16. The van der Waals surface area contributed by atoms with Crippen LogP contribution in [0.15, 0.2) is 24.3 Å². The highest BCUT2D eigenvalue weighted by atomic mass is 19.4. The van der Waals surface area contributed by atoms with E-state index in [0.29, 0.717) is 24.7 Å². The molecule has 0 N–H and O–H groups in total. The monoisotopic (exact) mass is 298 g/mol. The van der Waals surface area contributed by atoms with Crippen LogP contribution >= 0.6 is 0 Å². The maximum atomic E-state index is 12.5. The first-order valence-electron chi connectivity index (χ1n) is 7.16. The van der Waals surface area contributed by atoms with Crippen LogP contribution in [0.4, 0.5) is 13.2 Å². The van der Waals surface area contributed by atoms with Gasteiger partial charge in [-0.25, -0.2) is 0 Å². The van der Waals surface area contributed by atoms with Crippen molar-refractivity contribution in [3.05, 3.63) is 35.4 Å². The van der Waals surface area contributed by atoms with Gasteiger partial charge in [0, 0.05) is 31.2 Å². The Balaban J connectivity index is 1.70. The molecule has 0 aliphatic carbocycles. The Morgan fingerprint density at radius 1 is 1.10 bits per heavy atom. The number of nitrogens with zero attached hydrogens (tertiary/aromatic N) is 2. The molecule has 1 amide bonds. The lowest BCUT2D eigenvalue weighted by atomic mass is 10.1. The molecule has 0 saturated carbocycles. The molecule has 0 spiro atoms. The molecule has 3 nitrogen and oxygen atoms in total. The Kier molecular flexibility index (Phi) is 3.65. The minimum atomic E-state index is -4.36. The van der Waals surface area contributed by atoms with Gasteiger partial charge in [-0.3, -0.25) is 9.69 Å². The molecule has 0 radical (unpaired) electrons. The standard InChI is InChI=1S/C15H17F3N2O/c16-15(17,18)12-5-3-11(4-6-12)14(21)20-9-8-19-7-1-2-13(19)10-20/h3-6,13H,1-2,7-10H2. The number of alkyl halides is 3. The molecule has 21 heavy (non-hydrogen) atoms. The number of carbonyl (C=O) groups is 1. The molecule has 114 valence electrons. The van der Waals surface area contributed by atoms with Gasteiger partial charge in [0.25, 0.3) is 5.91 Å². The van der Waals surface area contributed by atoms with Crippen molar-refractivity contribution in [3.63, 3.8) is 0 Å². The van der Waals surface area contributed by atoms with Gasteiger partial charge in [-0.15, -0.1) is 0 Å². The average Bonchev–Trinajstić information content (AvgIpc) is 2.93. The van der Waals surface area contributed by atoms with E-state index >= 15 is 0 Å². The molecule has 1 atom stereocenters. The van der Waals surface area contributed by atoms with Gasteiger partial charge in [-0.2, -0.15) is 13.2 Å². The van der Waals surface area contributed by atoms with Crippen molar-refractivity contribution in [2.24, 2.45) is 0 Å². The van der Waals surface area contributed by atoms with Crippen molar-refractivity contribution >= 4 is 5.91 Å². The molecule has 2 aliphatic rings. The topological polar surface area (TPSA) is 23.6 Å². The molecule has 2 heterocycles. The van der Waals surface area contributed by atoms with Crippen LogP contribution in [-0.2, 0) is 6.18 Å². The summed E-state index contributed by atoms with van der Waals surface area (Å²) in [7, 11) is 0. The predicted molar refractivity (Wildman–Crippen MR) is 71.9 cm³/mol. The highest BCUT2D eigenvalue weighted by Gasteiger charge is 2.33. The summed E-state index contributed by atoms with van der Waals surface area (Å²) in [5.74, 6) is -0.171. The van der Waals surface area contributed by atoms with Gasteiger partial charge in [0.15, 0.2) is 0 Å². The second-order valence-electron chi connectivity index (χ2n) is 5.66. The zero-order chi connectivity index (χ0) is 15.0. The largest absolute Gasteiger partial charge is 0.416 e. The van der Waals surface area contributed by atoms with Crippen LogP contribution in [0.5, 0.6) is 0 Å². The first kappa shape index (κ1) is 14.4. The van der Waals surface area contributed by atoms with Gasteiger partial charge >= 0.3 is 6.18 Å². The SMILES string of the molecule is O=C(c1ccc(C(F)(F)F)cc1)N1CCN2CCCC2C1. The van der Waals surface area contributed by atoms with Crippen molar-refractivity contribution in [2.45, 2.75) is 25.1 Å². The molecule has 6 heteroatoms. The van der Waals surface area contributed by atoms with Crippen molar-refractivity contribution in [1.82, 2.24) is 9.80 Å². The second-order valence-corrected chi connectivity index (χ2v) is 5.66. The van der Waals surface area contributed by atoms with E-state index in [4.69, 9.17) is 0 Å². The quantitative estimate of drug-likeness (QED) is 0.796. The van der Waals surface area contributed by atoms with Crippen LogP contribution in [0.1, 0.15) is 28.8 Å². The fourth-order valence-electron chi connectivity index (χ4n) is 3.16. The summed E-state index contributed by atoms with van der Waals surface area (Å²) in [5, 5.41) is 0. The van der Waals surface area contributed by atoms with Gasteiger partial charge in [0.2, 0.25) is 0 Å². The second kappa shape index (κ2) is 5.33. The van der Waals surface area contributed by atoms with Crippen molar-refractivity contribution in [1.29, 1.82) is 0 Å². The predicted octanol–water partition coefficient (Wildman–Crippen LogP) is 2.63. The number of piperazine rings is 1. The summed E-state index contributed by atoms with van der Waals surface area (Å²) >= 11 is 0. The molecule has 2 saturated heterocycles. The summed E-state index contributed by atoms with van der Waals surface area (Å²) in [6.45, 7) is 3.28. The molecular weight excluding hydrogens is 281 g/mol. The van der Waals surface area contributed by atoms with Gasteiger partial charge in [0.1, 0.15) is 0 Å². The molecule has 2 fully saturated rings. The summed E-state index contributed by atoms with van der Waals surface area (Å²) in [6, 6.07) is 4.90. The number of benzene rings is 1. The van der Waals surface area contributed by atoms with E-state index in [1.807, 2.05) is 0 Å². The van der Waals surface area contributed by atoms with Gasteiger partial charge in [-0.1, -0.05) is 0 Å². The Morgan fingerprint density at radius 2 is 1.81 bits per heavy atom. The van der Waals surface area contributed by atoms with Crippen molar-refractivity contribution < 1.29 is 18.0 Å². The zero-order valence-corrected chi connectivity index (χ0v) is 11.6. The lowest BCUT2D eigenvalue weighted by Gasteiger charge is -2.37. The highest BCUT2D eigenvalue weighted by Crippen LogP contribution is 2.29. The molecular formula is C15H17F3N2O. The lowest BCUT2D eigenvalue weighted by Crippen LogP contribution is -2.52. The summed E-state index contributed by atoms with van der Waals surface area (Å²) in [5.41, 5.74) is -0.394. The van der Waals surface area contributed by atoms with Crippen LogP contribution < -0.4 is 0 Å². The van der Waals surface area contributed by atoms with Crippen molar-refractivity contribution in [3.8, 4) is 0 Å². The normalized spacial score (nSPS) is 23.2. The number of carbonyl (C=O) groups excluding carboxylic acids is 1. The summed E-state index contributed by atoms with van der Waals surface area (Å²) in [6.07, 6.45) is -2.11. The van der Waals surface area contributed by atoms with Crippen LogP contribution in [0.25, 0.3) is 0 Å². The number of fused-ring (bicyclic) bond motifs is 1. The van der Waals surface area contributed by atoms with E-state index in [0.717, 1.165) is 38.1 Å². The summed E-state index contributed by atoms with van der Waals surface area (Å²) in [4.78, 5) is 16.5. The van der Waals surface area contributed by atoms with Crippen LogP contribution in [0.3, 0.4) is 0 Å². The Labute approximate surface area is 121 Å². The third-order valence-corrected chi connectivity index (χ3v) is 4.33. The van der Waals surface area contributed by atoms with E-state index in [9.17, 15) is 18.0 Å². The Hall–Kier alpha value is -1.56. The number of hydrogen-bond acceptors (Lipinski definition) is 2. The fraction of sp³-hybridized carbons (Fsp3) is 0.533. The lowest BCUT2D eigenvalue weighted by molar-refractivity contribution is -0.137. The molecule has 1 aromatic carbocycles. The van der Waals surface area contributed by atoms with E-state index in [1.165, 1.54) is 12.1 Å². The van der Waals surface area contributed by atoms with Crippen LogP contribution in [-0.4, -0.2) is 47.9 Å². The van der Waals surface area contributed by atoms with E-state index < -0.39 is 11.7 Å². The third kappa shape index (κ3) is 2.90. The van der Waals surface area contributed by atoms with E-state index in [1.54, 1.807) is 4.90 Å². The maximum Gasteiger partial charge on any atom is 0.416 e. The zero-order valence-electron chi connectivity index (χ0n) is 11.6. The molecule has 1 aromatic rings. The number of amides is 1. The average molecular weight is 298 g/mol. The van der Waals surface area contributed by atoms with Gasteiger partial charge in [0.05, 0.1) is 5.56 Å². The molecule has 3 rings (SSSR count). The Morgan fingerprint density at radius 3 is 2.48 bits per heavy atom. The van der Waals surface area contributed by atoms with Crippen LogP contribution in [0.2, 0.25) is 0 Å². The first-order chi connectivity index (χ1) is 9.95. The summed E-state index contributed by atoms with van der Waals surface area (Å²) < 4.78 is 37.6. The van der Waals surface area contributed by atoms with Crippen molar-refractivity contribution in [2.75, 3.05) is 26.2 Å². The molecule has 0 aromatic heterocycles. The van der Waals surface area contributed by atoms with E-state index in [-0.39, 0.29) is 5.91 Å². The number of hydrogen-bond donors (Lipinski definition) is 0. The number of rotatable bonds is 1. The van der Waals surface area contributed by atoms with E-state index in [2.05, 4.69) is 4.90 Å². The molecule has 0 bridgehead atoms. The first-order valence-corrected chi connectivity index (χ1v) is 7.16. The molecule has 2 aliphatic heterocycles. The maximum absolute atomic E-state index is 12.5. The van der Waals surface area contributed by atoms with Gasteiger partial charge < -0.3 is 4.90 Å². The van der Waals surface area contributed by atoms with Crippen LogP contribution in [0, 0.1) is 0 Å².